The number of aliphatic imine (C=N–C) groups is 1. The van der Waals surface area contributed by atoms with Gasteiger partial charge in [-0.25, -0.2) is 9.79 Å². The molecule has 0 saturated heterocycles. The van der Waals surface area contributed by atoms with Gasteiger partial charge in [0, 0.05) is 11.6 Å². The lowest BCUT2D eigenvalue weighted by atomic mass is 9.79. The number of rotatable bonds is 6. The second-order valence-electron chi connectivity index (χ2n) is 5.77. The van der Waals surface area contributed by atoms with E-state index < -0.39 is 17.8 Å². The average Bonchev–Trinajstić information content (AvgIpc) is 2.44. The lowest BCUT2D eigenvalue weighted by Crippen LogP contribution is -2.32. The zero-order valence-electron chi connectivity index (χ0n) is 14.0. The summed E-state index contributed by atoms with van der Waals surface area (Å²) in [5.74, 6) is -1.37. The predicted molar refractivity (Wildman–Crippen MR) is 90.5 cm³/mol. The first kappa shape index (κ1) is 19.2. The molecule has 0 aromatic rings. The molecule has 1 amide bonds. The van der Waals surface area contributed by atoms with Gasteiger partial charge in [0.05, 0.1) is 29.0 Å². The Kier molecular flexibility index (Phi) is 7.30. The van der Waals surface area contributed by atoms with Crippen molar-refractivity contribution in [1.82, 2.24) is 0 Å². The SMILES string of the molecule is CCOC(=O)C1=C(C)N=C(SCC(N)=O)[C@H](C#N)[C@H]1CC(C)C. The third-order valence-electron chi connectivity index (χ3n) is 3.43. The Morgan fingerprint density at radius 1 is 1.48 bits per heavy atom. The number of esters is 1. The first-order valence-corrected chi connectivity index (χ1v) is 8.57. The molecule has 0 aliphatic carbocycles. The number of allylic oxidation sites excluding steroid dienone is 1. The van der Waals surface area contributed by atoms with Crippen molar-refractivity contribution in [2.75, 3.05) is 12.4 Å². The van der Waals surface area contributed by atoms with Gasteiger partial charge in [-0.2, -0.15) is 5.26 Å². The van der Waals surface area contributed by atoms with E-state index in [1.54, 1.807) is 13.8 Å². The van der Waals surface area contributed by atoms with Crippen LogP contribution in [0.3, 0.4) is 0 Å². The molecule has 126 valence electrons. The Hall–Kier alpha value is -1.81. The van der Waals surface area contributed by atoms with E-state index in [0.29, 0.717) is 28.7 Å². The van der Waals surface area contributed by atoms with Gasteiger partial charge >= 0.3 is 5.97 Å². The minimum absolute atomic E-state index is 0.0629. The van der Waals surface area contributed by atoms with Crippen molar-refractivity contribution in [3.63, 3.8) is 0 Å². The summed E-state index contributed by atoms with van der Waals surface area (Å²) in [6.07, 6.45) is 0.667. The number of primary amides is 1. The van der Waals surface area contributed by atoms with Crippen molar-refractivity contribution in [1.29, 1.82) is 5.26 Å². The highest BCUT2D eigenvalue weighted by molar-refractivity contribution is 8.14. The molecule has 23 heavy (non-hydrogen) atoms. The minimum atomic E-state index is -0.565. The Bertz CT molecular complexity index is 576. The summed E-state index contributed by atoms with van der Waals surface area (Å²) in [5.41, 5.74) is 6.19. The van der Waals surface area contributed by atoms with Gasteiger partial charge in [-0.3, -0.25) is 4.79 Å². The summed E-state index contributed by atoms with van der Waals surface area (Å²) in [4.78, 5) is 27.7. The quantitative estimate of drug-likeness (QED) is 0.748. The van der Waals surface area contributed by atoms with E-state index in [1.807, 2.05) is 13.8 Å². The summed E-state index contributed by atoms with van der Waals surface area (Å²) >= 11 is 1.17. The molecule has 1 rings (SSSR count). The van der Waals surface area contributed by atoms with E-state index >= 15 is 0 Å². The molecule has 6 nitrogen and oxygen atoms in total. The van der Waals surface area contributed by atoms with Gasteiger partial charge < -0.3 is 10.5 Å². The molecule has 0 unspecified atom stereocenters. The summed E-state index contributed by atoms with van der Waals surface area (Å²) in [6, 6.07) is 2.24. The van der Waals surface area contributed by atoms with Gasteiger partial charge in [0.15, 0.2) is 0 Å². The maximum atomic E-state index is 12.3. The van der Waals surface area contributed by atoms with Crippen molar-refractivity contribution >= 4 is 28.7 Å². The molecule has 2 atom stereocenters. The maximum absolute atomic E-state index is 12.3. The summed E-state index contributed by atoms with van der Waals surface area (Å²) in [5, 5.41) is 10.1. The lowest BCUT2D eigenvalue weighted by molar-refractivity contribution is -0.139. The third-order valence-corrected chi connectivity index (χ3v) is 4.50. The normalized spacial score (nSPS) is 21.0. The van der Waals surface area contributed by atoms with Crippen LogP contribution in [0, 0.1) is 29.1 Å². The number of thioether (sulfide) groups is 1. The fourth-order valence-electron chi connectivity index (χ4n) is 2.58. The standard InChI is InChI=1S/C16H23N3O3S/c1-5-22-16(21)14-10(4)19-15(23-8-13(18)20)12(7-17)11(14)6-9(2)3/h9,11-12H,5-6,8H2,1-4H3,(H2,18,20)/t11-,12-/m1/s1. The molecule has 0 aromatic heterocycles. The van der Waals surface area contributed by atoms with Crippen LogP contribution in [-0.2, 0) is 14.3 Å². The molecule has 0 bridgehead atoms. The number of carbonyl (C=O) groups excluding carboxylic acids is 2. The molecule has 1 aliphatic rings. The molecule has 0 fully saturated rings. The van der Waals surface area contributed by atoms with Gasteiger partial charge in [0.2, 0.25) is 5.91 Å². The maximum Gasteiger partial charge on any atom is 0.336 e. The van der Waals surface area contributed by atoms with E-state index in [1.165, 1.54) is 11.8 Å². The molecule has 7 heteroatoms. The van der Waals surface area contributed by atoms with Gasteiger partial charge in [0.25, 0.3) is 0 Å². The van der Waals surface area contributed by atoms with Crippen LogP contribution in [0.25, 0.3) is 0 Å². The number of nitriles is 1. The van der Waals surface area contributed by atoms with Crippen LogP contribution in [0.1, 0.15) is 34.1 Å². The third kappa shape index (κ3) is 5.10. The summed E-state index contributed by atoms with van der Waals surface area (Å²) < 4.78 is 5.13. The largest absolute Gasteiger partial charge is 0.463 e. The van der Waals surface area contributed by atoms with Gasteiger partial charge in [-0.15, -0.1) is 0 Å². The number of hydrogen-bond donors (Lipinski definition) is 1. The molecule has 0 saturated carbocycles. The number of hydrogen-bond acceptors (Lipinski definition) is 6. The van der Waals surface area contributed by atoms with E-state index in [9.17, 15) is 14.9 Å². The molecule has 2 N–H and O–H groups in total. The predicted octanol–water partition coefficient (Wildman–Crippen LogP) is 2.26. The summed E-state index contributed by atoms with van der Waals surface area (Å²) in [7, 11) is 0. The zero-order chi connectivity index (χ0) is 17.6. The van der Waals surface area contributed by atoms with Crippen LogP contribution < -0.4 is 5.73 Å². The van der Waals surface area contributed by atoms with Crippen LogP contribution in [0.15, 0.2) is 16.3 Å². The first-order valence-electron chi connectivity index (χ1n) is 7.58. The number of ether oxygens (including phenoxy) is 1. The second-order valence-corrected chi connectivity index (χ2v) is 6.76. The van der Waals surface area contributed by atoms with Crippen LogP contribution in [0.5, 0.6) is 0 Å². The number of carbonyl (C=O) groups is 2. The molecule has 0 radical (unpaired) electrons. The monoisotopic (exact) mass is 337 g/mol. The van der Waals surface area contributed by atoms with Gasteiger partial charge in [-0.1, -0.05) is 25.6 Å². The molecular weight excluding hydrogens is 314 g/mol. The van der Waals surface area contributed by atoms with Crippen LogP contribution in [-0.4, -0.2) is 29.3 Å². The Labute approximate surface area is 141 Å². The highest BCUT2D eigenvalue weighted by Crippen LogP contribution is 2.38. The van der Waals surface area contributed by atoms with E-state index in [0.717, 1.165) is 0 Å². The lowest BCUT2D eigenvalue weighted by Gasteiger charge is -2.30. The van der Waals surface area contributed by atoms with Gasteiger partial charge in [0.1, 0.15) is 5.92 Å². The molecule has 0 spiro atoms. The molecule has 0 aromatic carbocycles. The second kappa shape index (κ2) is 8.73. The Morgan fingerprint density at radius 2 is 2.13 bits per heavy atom. The van der Waals surface area contributed by atoms with Crippen molar-refractivity contribution in [2.45, 2.75) is 34.1 Å². The average molecular weight is 337 g/mol. The molecule has 1 heterocycles. The van der Waals surface area contributed by atoms with Crippen LogP contribution >= 0.6 is 11.8 Å². The van der Waals surface area contributed by atoms with E-state index in [-0.39, 0.29) is 18.3 Å². The van der Waals surface area contributed by atoms with E-state index in [4.69, 9.17) is 10.5 Å². The van der Waals surface area contributed by atoms with Gasteiger partial charge in [-0.05, 0) is 26.2 Å². The number of amides is 1. The van der Waals surface area contributed by atoms with Crippen molar-refractivity contribution in [3.8, 4) is 6.07 Å². The number of nitrogens with two attached hydrogens (primary N) is 1. The van der Waals surface area contributed by atoms with E-state index in [2.05, 4.69) is 11.1 Å². The highest BCUT2D eigenvalue weighted by atomic mass is 32.2. The summed E-state index contributed by atoms with van der Waals surface area (Å²) in [6.45, 7) is 7.82. The zero-order valence-corrected chi connectivity index (χ0v) is 14.8. The highest BCUT2D eigenvalue weighted by Gasteiger charge is 2.38. The fourth-order valence-corrected chi connectivity index (χ4v) is 3.47. The Morgan fingerprint density at radius 3 is 2.61 bits per heavy atom. The van der Waals surface area contributed by atoms with Crippen molar-refractivity contribution in [3.05, 3.63) is 11.3 Å². The molecular formula is C16H23N3O3S. The minimum Gasteiger partial charge on any atom is -0.463 e. The fraction of sp³-hybridized carbons (Fsp3) is 0.625. The van der Waals surface area contributed by atoms with Crippen molar-refractivity contribution < 1.29 is 14.3 Å². The topological polar surface area (TPSA) is 106 Å². The molecule has 1 aliphatic heterocycles. The number of nitrogens with zero attached hydrogens (tertiary/aromatic N) is 2. The Balaban J connectivity index is 3.25. The smallest absolute Gasteiger partial charge is 0.336 e. The first-order chi connectivity index (χ1) is 10.8. The van der Waals surface area contributed by atoms with Crippen LogP contribution in [0.2, 0.25) is 0 Å². The van der Waals surface area contributed by atoms with Crippen molar-refractivity contribution in [2.24, 2.45) is 28.5 Å². The van der Waals surface area contributed by atoms with Crippen LogP contribution in [0.4, 0.5) is 0 Å².